The van der Waals surface area contributed by atoms with Crippen LogP contribution in [0.3, 0.4) is 0 Å². The topological polar surface area (TPSA) is 40.9 Å². The van der Waals surface area contributed by atoms with Crippen LogP contribution in [0, 0.1) is 5.41 Å². The van der Waals surface area contributed by atoms with Crippen LogP contribution < -0.4 is 0 Å². The predicted molar refractivity (Wildman–Crippen MR) is 97.7 cm³/mol. The van der Waals surface area contributed by atoms with Gasteiger partial charge in [-0.05, 0) is 48.6 Å². The van der Waals surface area contributed by atoms with E-state index in [-0.39, 0.29) is 11.6 Å². The molecule has 0 saturated heterocycles. The molecule has 1 unspecified atom stereocenters. The van der Waals surface area contributed by atoms with E-state index in [0.29, 0.717) is 12.7 Å². The molecule has 2 aromatic carbocycles. The highest BCUT2D eigenvalue weighted by molar-refractivity contribution is 7.99. The maximum atomic E-state index is 10.8. The van der Waals surface area contributed by atoms with Gasteiger partial charge >= 0.3 is 0 Å². The number of nitrogens with one attached hydrogen (secondary N) is 1. The van der Waals surface area contributed by atoms with Crippen molar-refractivity contribution in [2.45, 2.75) is 48.3 Å². The van der Waals surface area contributed by atoms with Crippen LogP contribution in [0.1, 0.15) is 44.1 Å². The van der Waals surface area contributed by atoms with E-state index in [1.165, 1.54) is 15.4 Å². The zero-order chi connectivity index (χ0) is 16.5. The van der Waals surface area contributed by atoms with E-state index >= 15 is 0 Å². The van der Waals surface area contributed by atoms with Gasteiger partial charge < -0.3 is 5.41 Å². The summed E-state index contributed by atoms with van der Waals surface area (Å²) in [5, 5.41) is 7.67. The molecule has 0 fully saturated rings. The summed E-state index contributed by atoms with van der Waals surface area (Å²) in [7, 11) is 0. The molecule has 0 aliphatic heterocycles. The van der Waals surface area contributed by atoms with E-state index in [0.717, 1.165) is 19.3 Å². The van der Waals surface area contributed by atoms with E-state index in [4.69, 9.17) is 5.41 Å². The highest BCUT2D eigenvalue weighted by Gasteiger charge is 2.13. The Hall–Kier alpha value is -1.87. The molecule has 2 nitrogen and oxygen atoms in total. The Morgan fingerprint density at radius 3 is 2.35 bits per heavy atom. The number of unbranched alkanes of at least 4 members (excludes halogenated alkanes) is 1. The maximum Gasteiger partial charge on any atom is 0.163 e. The minimum absolute atomic E-state index is 0.189. The van der Waals surface area contributed by atoms with Gasteiger partial charge in [-0.15, -0.1) is 0 Å². The second-order valence-corrected chi connectivity index (χ2v) is 6.82. The second kappa shape index (κ2) is 9.31. The summed E-state index contributed by atoms with van der Waals surface area (Å²) in [6.45, 7) is 2.17. The normalized spacial score (nSPS) is 11.9. The Labute approximate surface area is 142 Å². The lowest BCUT2D eigenvalue weighted by Gasteiger charge is -2.16. The fraction of sp³-hybridized carbons (Fsp3) is 0.300. The van der Waals surface area contributed by atoms with Crippen LogP contribution >= 0.6 is 11.8 Å². The molecule has 0 saturated carbocycles. The monoisotopic (exact) mass is 325 g/mol. The molecular weight excluding hydrogens is 302 g/mol. The summed E-state index contributed by atoms with van der Waals surface area (Å²) >= 11 is 1.75. The lowest BCUT2D eigenvalue weighted by molar-refractivity contribution is -0.102. The van der Waals surface area contributed by atoms with Crippen molar-refractivity contribution in [1.82, 2.24) is 0 Å². The van der Waals surface area contributed by atoms with Crippen LogP contribution in [-0.4, -0.2) is 12.0 Å². The minimum Gasteiger partial charge on any atom is -0.302 e. The molecule has 23 heavy (non-hydrogen) atoms. The molecule has 1 atom stereocenters. The Morgan fingerprint density at radius 2 is 1.74 bits per heavy atom. The van der Waals surface area contributed by atoms with Crippen molar-refractivity contribution < 1.29 is 4.79 Å². The fourth-order valence-corrected chi connectivity index (χ4v) is 3.42. The zero-order valence-electron chi connectivity index (χ0n) is 13.5. The van der Waals surface area contributed by atoms with Gasteiger partial charge in [0.1, 0.15) is 0 Å². The molecule has 1 N–H and O–H groups in total. The number of aldehydes is 1. The molecule has 2 rings (SSSR count). The highest BCUT2D eigenvalue weighted by Crippen LogP contribution is 2.31. The largest absolute Gasteiger partial charge is 0.302 e. The average molecular weight is 325 g/mol. The van der Waals surface area contributed by atoms with Crippen molar-refractivity contribution in [1.29, 1.82) is 5.41 Å². The number of hydrogen-bond acceptors (Lipinski definition) is 3. The third kappa shape index (κ3) is 5.68. The fourth-order valence-electron chi connectivity index (χ4n) is 2.58. The molecule has 120 valence electrons. The van der Waals surface area contributed by atoms with E-state index in [1.54, 1.807) is 11.8 Å². The van der Waals surface area contributed by atoms with Crippen molar-refractivity contribution in [2.75, 3.05) is 0 Å². The molecule has 0 aliphatic carbocycles. The van der Waals surface area contributed by atoms with Crippen LogP contribution in [0.25, 0.3) is 0 Å². The number of carbonyl (C=O) groups excluding carboxylic acids is 1. The van der Waals surface area contributed by atoms with Crippen molar-refractivity contribution in [2.24, 2.45) is 0 Å². The number of hydrogen-bond donors (Lipinski definition) is 1. The summed E-state index contributed by atoms with van der Waals surface area (Å²) in [6.07, 6.45) is 4.48. The SMILES string of the molecule is CCCCC(CC(=N)C=O)c1ccc(Sc2ccccc2)cc1. The lowest BCUT2D eigenvalue weighted by Crippen LogP contribution is -2.07. The van der Waals surface area contributed by atoms with Gasteiger partial charge in [0.15, 0.2) is 6.29 Å². The second-order valence-electron chi connectivity index (χ2n) is 5.67. The van der Waals surface area contributed by atoms with E-state index in [9.17, 15) is 4.79 Å². The molecule has 0 spiro atoms. The summed E-state index contributed by atoms with van der Waals surface area (Å²) in [5.74, 6) is 0.267. The van der Waals surface area contributed by atoms with E-state index in [1.807, 2.05) is 18.2 Å². The number of benzene rings is 2. The first-order valence-electron chi connectivity index (χ1n) is 8.08. The molecule has 0 radical (unpaired) electrons. The Bertz CT molecular complexity index is 622. The van der Waals surface area contributed by atoms with Gasteiger partial charge in [-0.1, -0.05) is 61.9 Å². The van der Waals surface area contributed by atoms with Crippen LogP contribution in [0.2, 0.25) is 0 Å². The van der Waals surface area contributed by atoms with E-state index < -0.39 is 0 Å². The van der Waals surface area contributed by atoms with Crippen molar-refractivity contribution in [3.63, 3.8) is 0 Å². The van der Waals surface area contributed by atoms with Crippen LogP contribution in [0.4, 0.5) is 0 Å². The Balaban J connectivity index is 2.07. The Morgan fingerprint density at radius 1 is 1.09 bits per heavy atom. The number of rotatable bonds is 9. The molecule has 0 amide bonds. The third-order valence-electron chi connectivity index (χ3n) is 3.85. The van der Waals surface area contributed by atoms with Crippen LogP contribution in [0.5, 0.6) is 0 Å². The van der Waals surface area contributed by atoms with E-state index in [2.05, 4.69) is 43.3 Å². The smallest absolute Gasteiger partial charge is 0.163 e. The molecule has 0 aliphatic rings. The van der Waals surface area contributed by atoms with Gasteiger partial charge in [-0.25, -0.2) is 0 Å². The molecule has 3 heteroatoms. The molecule has 2 aromatic rings. The quantitative estimate of drug-likeness (QED) is 0.473. The van der Waals surface area contributed by atoms with Crippen LogP contribution in [0.15, 0.2) is 64.4 Å². The predicted octanol–water partition coefficient (Wildman–Crippen LogP) is 5.72. The molecule has 0 heterocycles. The van der Waals surface area contributed by atoms with Crippen LogP contribution in [-0.2, 0) is 4.79 Å². The first-order chi connectivity index (χ1) is 11.2. The molecule has 0 bridgehead atoms. The van der Waals surface area contributed by atoms with Gasteiger partial charge in [0, 0.05) is 9.79 Å². The van der Waals surface area contributed by atoms with Gasteiger partial charge in [-0.2, -0.15) is 0 Å². The summed E-state index contributed by atoms with van der Waals surface area (Å²) in [5.41, 5.74) is 1.41. The number of carbonyl (C=O) groups is 1. The first kappa shape index (κ1) is 17.5. The minimum atomic E-state index is 0.189. The van der Waals surface area contributed by atoms with Crippen molar-refractivity contribution in [3.8, 4) is 0 Å². The van der Waals surface area contributed by atoms with Crippen molar-refractivity contribution >= 4 is 23.8 Å². The summed E-state index contributed by atoms with van der Waals surface area (Å²) in [6, 6.07) is 18.9. The first-order valence-corrected chi connectivity index (χ1v) is 8.90. The van der Waals surface area contributed by atoms with Crippen molar-refractivity contribution in [3.05, 3.63) is 60.2 Å². The van der Waals surface area contributed by atoms with Gasteiger partial charge in [0.2, 0.25) is 0 Å². The van der Waals surface area contributed by atoms with Gasteiger partial charge in [0.05, 0.1) is 5.71 Å². The molecular formula is C20H23NOS. The van der Waals surface area contributed by atoms with Gasteiger partial charge in [-0.3, -0.25) is 4.79 Å². The highest BCUT2D eigenvalue weighted by atomic mass is 32.2. The van der Waals surface area contributed by atoms with Gasteiger partial charge in [0.25, 0.3) is 0 Å². The Kier molecular flexibility index (Phi) is 7.08. The standard InChI is InChI=1S/C20H23NOS/c1-2-3-7-17(14-18(21)15-22)16-10-12-20(13-11-16)23-19-8-5-4-6-9-19/h4-6,8-13,15,17,21H,2-3,7,14H2,1H3. The zero-order valence-corrected chi connectivity index (χ0v) is 14.3. The summed E-state index contributed by atoms with van der Waals surface area (Å²) in [4.78, 5) is 13.2. The summed E-state index contributed by atoms with van der Waals surface area (Å²) < 4.78 is 0. The third-order valence-corrected chi connectivity index (χ3v) is 4.86. The average Bonchev–Trinajstić information content (AvgIpc) is 2.60. The maximum absolute atomic E-state index is 10.8. The molecule has 0 aromatic heterocycles. The lowest BCUT2D eigenvalue weighted by atomic mass is 9.89.